The summed E-state index contributed by atoms with van der Waals surface area (Å²) in [5.74, 6) is -0.522. The van der Waals surface area contributed by atoms with Gasteiger partial charge in [0.2, 0.25) is 5.91 Å². The van der Waals surface area contributed by atoms with Gasteiger partial charge in [0.1, 0.15) is 28.5 Å². The van der Waals surface area contributed by atoms with Crippen LogP contribution in [-0.2, 0) is 22.2 Å². The largest absolute Gasteiger partial charge is 0.365 e. The van der Waals surface area contributed by atoms with E-state index < -0.39 is 16.8 Å². The van der Waals surface area contributed by atoms with Crippen molar-refractivity contribution in [3.05, 3.63) is 95.1 Å². The van der Waals surface area contributed by atoms with Gasteiger partial charge >= 0.3 is 0 Å². The van der Waals surface area contributed by atoms with E-state index in [1.54, 1.807) is 42.3 Å². The quantitative estimate of drug-likeness (QED) is 0.264. The molecule has 0 bridgehead atoms. The third kappa shape index (κ3) is 7.01. The van der Waals surface area contributed by atoms with E-state index in [0.29, 0.717) is 22.0 Å². The highest BCUT2D eigenvalue weighted by atomic mass is 32.2. The van der Waals surface area contributed by atoms with Crippen LogP contribution >= 0.6 is 0 Å². The molecule has 3 atom stereocenters. The van der Waals surface area contributed by atoms with Crippen molar-refractivity contribution >= 4 is 28.4 Å². The Labute approximate surface area is 237 Å². The van der Waals surface area contributed by atoms with Crippen LogP contribution in [0.25, 0.3) is 0 Å². The zero-order valence-electron chi connectivity index (χ0n) is 23.4. The summed E-state index contributed by atoms with van der Waals surface area (Å²) >= 11 is 0. The minimum Gasteiger partial charge on any atom is -0.365 e. The van der Waals surface area contributed by atoms with Gasteiger partial charge in [-0.25, -0.2) is 17.7 Å². The highest BCUT2D eigenvalue weighted by Gasteiger charge is 2.27. The number of nitrogens with zero attached hydrogens (tertiary/aromatic N) is 3. The van der Waals surface area contributed by atoms with Gasteiger partial charge in [0, 0.05) is 39.3 Å². The molecular formula is C31H36F2N4O2S. The Morgan fingerprint density at radius 3 is 2.58 bits per heavy atom. The molecule has 9 heteroatoms. The number of carbonyl (C=O) groups is 1. The predicted octanol–water partition coefficient (Wildman–Crippen LogP) is 5.77. The van der Waals surface area contributed by atoms with E-state index in [-0.39, 0.29) is 36.6 Å². The highest BCUT2D eigenvalue weighted by Crippen LogP contribution is 2.34. The molecule has 1 N–H and O–H groups in total. The first-order chi connectivity index (χ1) is 19.2. The number of hydrogen-bond acceptors (Lipinski definition) is 3. The summed E-state index contributed by atoms with van der Waals surface area (Å²) in [6, 6.07) is 18.0. The fourth-order valence-electron chi connectivity index (χ4n) is 5.09. The molecule has 1 amide bonds. The normalized spacial score (nSPS) is 16.6. The average Bonchev–Trinajstić information content (AvgIpc) is 2.93. The minimum absolute atomic E-state index is 0.119. The van der Waals surface area contributed by atoms with Gasteiger partial charge in [0.15, 0.2) is 0 Å². The fourth-order valence-corrected chi connectivity index (χ4v) is 6.15. The molecule has 0 aromatic heterocycles. The van der Waals surface area contributed by atoms with E-state index in [0.717, 1.165) is 30.4 Å². The maximum Gasteiger partial charge on any atom is 0.228 e. The van der Waals surface area contributed by atoms with Crippen LogP contribution in [0.15, 0.2) is 76.6 Å². The van der Waals surface area contributed by atoms with E-state index in [2.05, 4.69) is 9.71 Å². The van der Waals surface area contributed by atoms with E-state index in [1.165, 1.54) is 18.2 Å². The molecule has 6 nitrogen and oxygen atoms in total. The van der Waals surface area contributed by atoms with Gasteiger partial charge in [-0.2, -0.15) is 0 Å². The molecule has 2 unspecified atom stereocenters. The van der Waals surface area contributed by atoms with Gasteiger partial charge in [-0.05, 0) is 78.3 Å². The number of carbonyl (C=O) groups excluding carboxylic acids is 1. The van der Waals surface area contributed by atoms with E-state index in [4.69, 9.17) is 0 Å². The second-order valence-electron chi connectivity index (χ2n) is 10.3. The van der Waals surface area contributed by atoms with Crippen molar-refractivity contribution in [1.82, 2.24) is 9.62 Å². The first kappa shape index (κ1) is 29.6. The van der Waals surface area contributed by atoms with Crippen molar-refractivity contribution in [2.45, 2.75) is 49.5 Å². The molecule has 1 aliphatic carbocycles. The van der Waals surface area contributed by atoms with Crippen molar-refractivity contribution in [3.8, 4) is 0 Å². The standard InChI is InChI=1S/C31H36F2N4O2S/c1-21(26-12-5-6-13-28(26)33)17-31(38)37(20-30(34-2)36(3)4)24-16-15-22-9-7-14-29(27(22)19-24)35-40(39)25-11-8-10-23(32)18-25/h5-6,8,10-13,15-16,18-19,21,29,35H,7,9,14,17,20H2,1-4H3/t21-,29?,40?/m0/s1. The third-order valence-electron chi connectivity index (χ3n) is 7.31. The highest BCUT2D eigenvalue weighted by molar-refractivity contribution is 7.83. The number of hydrogen-bond donors (Lipinski definition) is 1. The maximum absolute atomic E-state index is 14.5. The van der Waals surface area contributed by atoms with Crippen LogP contribution in [0.4, 0.5) is 14.5 Å². The van der Waals surface area contributed by atoms with Gasteiger partial charge in [-0.1, -0.05) is 37.3 Å². The van der Waals surface area contributed by atoms with Crippen LogP contribution in [0.2, 0.25) is 0 Å². The van der Waals surface area contributed by atoms with Crippen LogP contribution < -0.4 is 9.62 Å². The van der Waals surface area contributed by atoms with E-state index >= 15 is 0 Å². The monoisotopic (exact) mass is 566 g/mol. The molecule has 212 valence electrons. The van der Waals surface area contributed by atoms with Crippen LogP contribution in [0.5, 0.6) is 0 Å². The van der Waals surface area contributed by atoms with Gasteiger partial charge in [-0.15, -0.1) is 0 Å². The van der Waals surface area contributed by atoms with Crippen molar-refractivity contribution < 1.29 is 17.8 Å². The molecule has 0 saturated heterocycles. The van der Waals surface area contributed by atoms with Crippen molar-refractivity contribution in [1.29, 1.82) is 0 Å². The van der Waals surface area contributed by atoms with Gasteiger partial charge in [-0.3, -0.25) is 9.79 Å². The maximum atomic E-state index is 14.5. The number of aryl methyl sites for hydroxylation is 1. The van der Waals surface area contributed by atoms with Gasteiger partial charge in [0.05, 0.1) is 11.4 Å². The van der Waals surface area contributed by atoms with Crippen molar-refractivity contribution in [2.24, 2.45) is 4.99 Å². The van der Waals surface area contributed by atoms with E-state index in [9.17, 15) is 17.8 Å². The smallest absolute Gasteiger partial charge is 0.228 e. The van der Waals surface area contributed by atoms with Crippen molar-refractivity contribution in [2.75, 3.05) is 32.6 Å². The fraction of sp³-hybridized carbons (Fsp3) is 0.355. The van der Waals surface area contributed by atoms with Gasteiger partial charge < -0.3 is 9.80 Å². The zero-order valence-corrected chi connectivity index (χ0v) is 24.2. The number of fused-ring (bicyclic) bond motifs is 1. The Morgan fingerprint density at radius 2 is 1.88 bits per heavy atom. The summed E-state index contributed by atoms with van der Waals surface area (Å²) in [6.45, 7) is 2.10. The number of amides is 1. The second-order valence-corrected chi connectivity index (χ2v) is 11.6. The number of anilines is 1. The average molecular weight is 567 g/mol. The number of nitrogens with one attached hydrogen (secondary N) is 1. The lowest BCUT2D eigenvalue weighted by molar-refractivity contribution is -0.118. The van der Waals surface area contributed by atoms with Crippen LogP contribution in [0, 0.1) is 11.6 Å². The predicted molar refractivity (Wildman–Crippen MR) is 157 cm³/mol. The Morgan fingerprint density at radius 1 is 1.10 bits per heavy atom. The molecule has 40 heavy (non-hydrogen) atoms. The molecule has 3 aromatic rings. The number of likely N-dealkylation sites (N-methyl/N-ethyl adjacent to an activating group) is 1. The molecule has 0 fully saturated rings. The summed E-state index contributed by atoms with van der Waals surface area (Å²) in [6.07, 6.45) is 2.67. The topological polar surface area (TPSA) is 65.0 Å². The Bertz CT molecular complexity index is 1410. The number of benzene rings is 3. The Hall–Kier alpha value is -3.43. The lowest BCUT2D eigenvalue weighted by atomic mass is 9.87. The Balaban J connectivity index is 1.64. The number of rotatable bonds is 9. The molecule has 4 rings (SSSR count). The van der Waals surface area contributed by atoms with Crippen molar-refractivity contribution in [3.63, 3.8) is 0 Å². The first-order valence-corrected chi connectivity index (χ1v) is 14.6. The molecule has 0 saturated carbocycles. The van der Waals surface area contributed by atoms with Crippen LogP contribution in [0.3, 0.4) is 0 Å². The summed E-state index contributed by atoms with van der Waals surface area (Å²) in [5, 5.41) is 0. The number of amidine groups is 1. The molecular weight excluding hydrogens is 530 g/mol. The van der Waals surface area contributed by atoms with Crippen LogP contribution in [0.1, 0.15) is 54.8 Å². The first-order valence-electron chi connectivity index (χ1n) is 13.4. The van der Waals surface area contributed by atoms with E-state index in [1.807, 2.05) is 44.1 Å². The molecule has 0 spiro atoms. The number of aliphatic imine (C=N–C) groups is 1. The molecule has 0 aliphatic heterocycles. The van der Waals surface area contributed by atoms with Crippen LogP contribution in [-0.4, -0.2) is 48.5 Å². The second kappa shape index (κ2) is 13.3. The summed E-state index contributed by atoms with van der Waals surface area (Å²) < 4.78 is 44.4. The summed E-state index contributed by atoms with van der Waals surface area (Å²) in [4.78, 5) is 22.1. The number of halogens is 2. The van der Waals surface area contributed by atoms with Gasteiger partial charge in [0.25, 0.3) is 0 Å². The molecule has 0 radical (unpaired) electrons. The molecule has 1 aliphatic rings. The molecule has 0 heterocycles. The Kier molecular flexibility index (Phi) is 9.81. The SMILES string of the molecule is CN=C(CN(C(=O)C[C@H](C)c1ccccc1F)c1ccc2c(c1)C(NS(=O)c1cccc(F)c1)CCC2)N(C)C. The minimum atomic E-state index is -1.60. The lowest BCUT2D eigenvalue weighted by Gasteiger charge is -2.31. The summed E-state index contributed by atoms with van der Waals surface area (Å²) in [7, 11) is 3.84. The lowest BCUT2D eigenvalue weighted by Crippen LogP contribution is -2.41. The molecule has 3 aromatic carbocycles. The summed E-state index contributed by atoms with van der Waals surface area (Å²) in [5.41, 5.74) is 3.28. The third-order valence-corrected chi connectivity index (χ3v) is 8.49. The zero-order chi connectivity index (χ0) is 28.8.